The van der Waals surface area contributed by atoms with Gasteiger partial charge in [0.25, 0.3) is 0 Å². The number of rotatable bonds is 6. The van der Waals surface area contributed by atoms with E-state index < -0.39 is 4.92 Å². The first-order valence-corrected chi connectivity index (χ1v) is 8.59. The number of likely N-dealkylation sites (tertiary alicyclic amines) is 1. The molecular weight excluding hydrogens is 318 g/mol. The van der Waals surface area contributed by atoms with Crippen molar-refractivity contribution in [3.05, 3.63) is 33.9 Å². The minimum absolute atomic E-state index is 0.0538. The van der Waals surface area contributed by atoms with Gasteiger partial charge in [-0.2, -0.15) is 0 Å². The van der Waals surface area contributed by atoms with Crippen molar-refractivity contribution < 1.29 is 14.5 Å². The summed E-state index contributed by atoms with van der Waals surface area (Å²) < 4.78 is 4.97. The number of methoxy groups -OCH3 is 1. The molecule has 0 radical (unpaired) electrons. The molecule has 0 aliphatic carbocycles. The maximum atomic E-state index is 12.1. The van der Waals surface area contributed by atoms with Gasteiger partial charge in [-0.05, 0) is 24.5 Å². The van der Waals surface area contributed by atoms with Crippen molar-refractivity contribution in [3.8, 4) is 5.75 Å². The molecule has 0 saturated carbocycles. The van der Waals surface area contributed by atoms with Crippen LogP contribution >= 0.6 is 11.8 Å². The molecule has 1 aliphatic rings. The number of hydrogen-bond donors (Lipinski definition) is 1. The zero-order chi connectivity index (χ0) is 16.8. The van der Waals surface area contributed by atoms with Crippen LogP contribution in [0.4, 0.5) is 5.69 Å². The number of nitrogens with zero attached hydrogens (tertiary/aromatic N) is 2. The molecule has 126 valence electrons. The zero-order valence-electron chi connectivity index (χ0n) is 13.1. The highest BCUT2D eigenvalue weighted by atomic mass is 32.2. The van der Waals surface area contributed by atoms with Crippen LogP contribution in [-0.2, 0) is 10.5 Å². The number of piperidine rings is 1. The van der Waals surface area contributed by atoms with Gasteiger partial charge in [0.15, 0.2) is 5.75 Å². The van der Waals surface area contributed by atoms with E-state index in [1.165, 1.54) is 24.9 Å². The van der Waals surface area contributed by atoms with E-state index >= 15 is 0 Å². The number of amides is 1. The molecule has 1 saturated heterocycles. The predicted octanol–water partition coefficient (Wildman–Crippen LogP) is 1.79. The number of nitro benzene ring substituents is 1. The average molecular weight is 339 g/mol. The molecule has 8 heteroatoms. The third kappa shape index (κ3) is 4.84. The van der Waals surface area contributed by atoms with Crippen LogP contribution in [0.3, 0.4) is 0 Å². The number of carbonyl (C=O) groups is 1. The molecule has 1 aliphatic heterocycles. The Hall–Kier alpha value is -1.80. The highest BCUT2D eigenvalue weighted by Crippen LogP contribution is 2.29. The lowest BCUT2D eigenvalue weighted by atomic mass is 10.1. The number of benzene rings is 1. The molecule has 0 spiro atoms. The molecule has 1 heterocycles. The summed E-state index contributed by atoms with van der Waals surface area (Å²) in [4.78, 5) is 24.5. The second-order valence-electron chi connectivity index (χ2n) is 5.47. The minimum Gasteiger partial charge on any atom is -0.490 e. The Bertz CT molecular complexity index is 574. The minimum atomic E-state index is -0.463. The average Bonchev–Trinajstić information content (AvgIpc) is 2.55. The van der Waals surface area contributed by atoms with Gasteiger partial charge in [-0.1, -0.05) is 6.07 Å². The summed E-state index contributed by atoms with van der Waals surface area (Å²) in [5.41, 5.74) is 6.58. The van der Waals surface area contributed by atoms with Crippen molar-refractivity contribution in [3.63, 3.8) is 0 Å². The van der Waals surface area contributed by atoms with Gasteiger partial charge in [-0.25, -0.2) is 0 Å². The molecule has 1 aromatic rings. The van der Waals surface area contributed by atoms with Crippen molar-refractivity contribution in [2.45, 2.75) is 24.6 Å². The van der Waals surface area contributed by atoms with Gasteiger partial charge in [0, 0.05) is 31.0 Å². The maximum Gasteiger partial charge on any atom is 0.311 e. The van der Waals surface area contributed by atoms with Crippen molar-refractivity contribution in [2.24, 2.45) is 5.73 Å². The lowest BCUT2D eigenvalue weighted by molar-refractivity contribution is -0.385. The zero-order valence-corrected chi connectivity index (χ0v) is 13.9. The Morgan fingerprint density at radius 2 is 2.17 bits per heavy atom. The van der Waals surface area contributed by atoms with Gasteiger partial charge in [0.05, 0.1) is 17.8 Å². The quantitative estimate of drug-likeness (QED) is 0.626. The first-order valence-electron chi connectivity index (χ1n) is 7.43. The van der Waals surface area contributed by atoms with Gasteiger partial charge in [0.2, 0.25) is 5.91 Å². The number of ether oxygens (including phenoxy) is 1. The first kappa shape index (κ1) is 17.6. The van der Waals surface area contributed by atoms with E-state index in [1.54, 1.807) is 12.1 Å². The number of thioether (sulfide) groups is 1. The van der Waals surface area contributed by atoms with E-state index in [1.807, 2.05) is 4.90 Å². The van der Waals surface area contributed by atoms with Crippen LogP contribution in [-0.4, -0.2) is 47.7 Å². The summed E-state index contributed by atoms with van der Waals surface area (Å²) in [6.07, 6.45) is 1.70. The second kappa shape index (κ2) is 8.16. The third-order valence-electron chi connectivity index (χ3n) is 3.83. The van der Waals surface area contributed by atoms with Gasteiger partial charge < -0.3 is 15.4 Å². The van der Waals surface area contributed by atoms with E-state index in [2.05, 4.69) is 0 Å². The second-order valence-corrected chi connectivity index (χ2v) is 6.46. The Morgan fingerprint density at radius 3 is 2.78 bits per heavy atom. The summed E-state index contributed by atoms with van der Waals surface area (Å²) in [5.74, 6) is 1.26. The van der Waals surface area contributed by atoms with Crippen molar-refractivity contribution in [1.29, 1.82) is 0 Å². The lowest BCUT2D eigenvalue weighted by Gasteiger charge is -2.30. The van der Waals surface area contributed by atoms with Gasteiger partial charge >= 0.3 is 5.69 Å². The molecular formula is C15H21N3O4S. The Kier molecular flexibility index (Phi) is 6.23. The number of hydrogen-bond acceptors (Lipinski definition) is 6. The molecule has 23 heavy (non-hydrogen) atoms. The van der Waals surface area contributed by atoms with Crippen LogP contribution in [0.2, 0.25) is 0 Å². The Balaban J connectivity index is 1.85. The van der Waals surface area contributed by atoms with E-state index in [9.17, 15) is 14.9 Å². The number of carbonyl (C=O) groups excluding carboxylic acids is 1. The smallest absolute Gasteiger partial charge is 0.311 e. The summed E-state index contributed by atoms with van der Waals surface area (Å²) in [6, 6.07) is 5.06. The van der Waals surface area contributed by atoms with Gasteiger partial charge in [-0.15, -0.1) is 11.8 Å². The SMILES string of the molecule is COc1ccc(CSCC(=O)N2CCC(N)CC2)cc1[N+](=O)[O-]. The van der Waals surface area contributed by atoms with Crippen LogP contribution in [0, 0.1) is 10.1 Å². The van der Waals surface area contributed by atoms with Crippen LogP contribution in [0.5, 0.6) is 5.75 Å². The normalized spacial score (nSPS) is 15.5. The van der Waals surface area contributed by atoms with E-state index in [0.717, 1.165) is 18.4 Å². The number of nitrogens with two attached hydrogens (primary N) is 1. The fourth-order valence-electron chi connectivity index (χ4n) is 2.46. The molecule has 2 rings (SSSR count). The largest absolute Gasteiger partial charge is 0.490 e. The molecule has 1 aromatic carbocycles. The van der Waals surface area contributed by atoms with Gasteiger partial charge in [0.1, 0.15) is 0 Å². The molecule has 0 bridgehead atoms. The number of nitro groups is 1. The highest BCUT2D eigenvalue weighted by Gasteiger charge is 2.20. The molecule has 1 fully saturated rings. The standard InChI is InChI=1S/C15H21N3O4S/c1-22-14-3-2-11(8-13(14)18(20)21)9-23-10-15(19)17-6-4-12(16)5-7-17/h2-3,8,12H,4-7,9-10,16H2,1H3. The van der Waals surface area contributed by atoms with Crippen LogP contribution in [0.1, 0.15) is 18.4 Å². The van der Waals surface area contributed by atoms with E-state index in [0.29, 0.717) is 24.6 Å². The molecule has 0 atom stereocenters. The van der Waals surface area contributed by atoms with Crippen LogP contribution in [0.15, 0.2) is 18.2 Å². The maximum absolute atomic E-state index is 12.1. The van der Waals surface area contributed by atoms with Crippen molar-refractivity contribution in [1.82, 2.24) is 4.90 Å². The third-order valence-corrected chi connectivity index (χ3v) is 4.82. The van der Waals surface area contributed by atoms with Gasteiger partial charge in [-0.3, -0.25) is 14.9 Å². The molecule has 7 nitrogen and oxygen atoms in total. The fourth-order valence-corrected chi connectivity index (χ4v) is 3.34. The summed E-state index contributed by atoms with van der Waals surface area (Å²) in [5, 5.41) is 11.0. The lowest BCUT2D eigenvalue weighted by Crippen LogP contribution is -2.43. The summed E-state index contributed by atoms with van der Waals surface area (Å²) in [6.45, 7) is 1.43. The van der Waals surface area contributed by atoms with Crippen LogP contribution in [0.25, 0.3) is 0 Å². The summed E-state index contributed by atoms with van der Waals surface area (Å²) >= 11 is 1.46. The van der Waals surface area contributed by atoms with E-state index in [4.69, 9.17) is 10.5 Å². The monoisotopic (exact) mass is 339 g/mol. The molecule has 0 unspecified atom stereocenters. The van der Waals surface area contributed by atoms with Crippen molar-refractivity contribution >= 4 is 23.4 Å². The van der Waals surface area contributed by atoms with Crippen molar-refractivity contribution in [2.75, 3.05) is 26.0 Å². The predicted molar refractivity (Wildman–Crippen MR) is 89.6 cm³/mol. The fraction of sp³-hybridized carbons (Fsp3) is 0.533. The molecule has 2 N–H and O–H groups in total. The van der Waals surface area contributed by atoms with Crippen LogP contribution < -0.4 is 10.5 Å². The highest BCUT2D eigenvalue weighted by molar-refractivity contribution is 7.99. The Labute approximate surface area is 139 Å². The first-order chi connectivity index (χ1) is 11.0. The van der Waals surface area contributed by atoms with E-state index in [-0.39, 0.29) is 23.4 Å². The Morgan fingerprint density at radius 1 is 1.48 bits per heavy atom. The summed E-state index contributed by atoms with van der Waals surface area (Å²) in [7, 11) is 1.40. The topological polar surface area (TPSA) is 98.7 Å². The molecule has 0 aromatic heterocycles. The molecule has 1 amide bonds.